The third-order valence-corrected chi connectivity index (χ3v) is 4.27. The van der Waals surface area contributed by atoms with Crippen molar-refractivity contribution in [3.8, 4) is 11.5 Å². The first-order chi connectivity index (χ1) is 12.1. The van der Waals surface area contributed by atoms with Gasteiger partial charge < -0.3 is 14.6 Å². The highest BCUT2D eigenvalue weighted by atomic mass is 16.5. The number of hydrogen-bond acceptors (Lipinski definition) is 4. The van der Waals surface area contributed by atoms with E-state index in [1.807, 2.05) is 55.5 Å². The monoisotopic (exact) mass is 341 g/mol. The number of aryl methyl sites for hydroxylation is 1. The van der Waals surface area contributed by atoms with Crippen molar-refractivity contribution in [3.63, 3.8) is 0 Å². The van der Waals surface area contributed by atoms with Crippen LogP contribution in [0, 0.1) is 6.92 Å². The average Bonchev–Trinajstić information content (AvgIpc) is 2.61. The van der Waals surface area contributed by atoms with E-state index in [2.05, 4.69) is 4.90 Å². The average molecular weight is 341 g/mol. The molecule has 1 unspecified atom stereocenters. The Bertz CT molecular complexity index is 714. The first-order valence-corrected chi connectivity index (χ1v) is 8.50. The van der Waals surface area contributed by atoms with Crippen LogP contribution in [0.5, 0.6) is 11.5 Å². The first kappa shape index (κ1) is 17.5. The maximum Gasteiger partial charge on any atom is 0.304 e. The molecule has 1 heterocycles. The fraction of sp³-hybridized carbons (Fsp3) is 0.350. The molecule has 2 aromatic rings. The van der Waals surface area contributed by atoms with E-state index in [9.17, 15) is 4.79 Å². The largest absolute Gasteiger partial charge is 0.481 e. The number of benzene rings is 2. The Morgan fingerprint density at radius 3 is 2.76 bits per heavy atom. The highest BCUT2D eigenvalue weighted by Gasteiger charge is 2.22. The molecule has 1 aliphatic rings. The number of carboxylic acid groups (broad SMARTS) is 1. The Kier molecular flexibility index (Phi) is 5.68. The second-order valence-electron chi connectivity index (χ2n) is 6.29. The van der Waals surface area contributed by atoms with Crippen LogP contribution in [0.2, 0.25) is 0 Å². The van der Waals surface area contributed by atoms with E-state index in [0.29, 0.717) is 19.7 Å². The molecule has 0 amide bonds. The molecule has 0 aliphatic carbocycles. The van der Waals surface area contributed by atoms with Gasteiger partial charge in [0.05, 0.1) is 19.1 Å². The van der Waals surface area contributed by atoms with Gasteiger partial charge in [0.2, 0.25) is 0 Å². The lowest BCUT2D eigenvalue weighted by Gasteiger charge is -2.32. The number of aliphatic carboxylic acids is 1. The van der Waals surface area contributed by atoms with E-state index in [1.165, 1.54) is 0 Å². The fourth-order valence-corrected chi connectivity index (χ4v) is 2.93. The molecule has 132 valence electrons. The third kappa shape index (κ3) is 5.05. The minimum Gasteiger partial charge on any atom is -0.481 e. The minimum atomic E-state index is -0.763. The van der Waals surface area contributed by atoms with Crippen molar-refractivity contribution in [2.45, 2.75) is 19.4 Å². The van der Waals surface area contributed by atoms with Crippen molar-refractivity contribution in [1.29, 1.82) is 0 Å². The second-order valence-corrected chi connectivity index (χ2v) is 6.29. The molecule has 1 N–H and O–H groups in total. The summed E-state index contributed by atoms with van der Waals surface area (Å²) in [6.45, 7) is 4.70. The predicted molar refractivity (Wildman–Crippen MR) is 95.1 cm³/mol. The van der Waals surface area contributed by atoms with Gasteiger partial charge in [-0.3, -0.25) is 9.69 Å². The molecule has 5 nitrogen and oxygen atoms in total. The van der Waals surface area contributed by atoms with Crippen LogP contribution in [-0.2, 0) is 9.53 Å². The van der Waals surface area contributed by atoms with E-state index in [1.54, 1.807) is 0 Å². The van der Waals surface area contributed by atoms with Crippen LogP contribution in [0.25, 0.3) is 0 Å². The van der Waals surface area contributed by atoms with E-state index >= 15 is 0 Å². The van der Waals surface area contributed by atoms with Gasteiger partial charge in [0.15, 0.2) is 0 Å². The standard InChI is InChI=1S/C20H23NO4/c1-15-3-2-4-18(13-15)25-17-7-5-16(6-8-17)19-14-21(11-12-24-19)10-9-20(22)23/h2-8,13,19H,9-12,14H2,1H3,(H,22,23). The van der Waals surface area contributed by atoms with Crippen LogP contribution < -0.4 is 4.74 Å². The topological polar surface area (TPSA) is 59.0 Å². The van der Waals surface area contributed by atoms with Crippen molar-refractivity contribution in [3.05, 3.63) is 59.7 Å². The highest BCUT2D eigenvalue weighted by molar-refractivity contribution is 5.66. The second kappa shape index (κ2) is 8.14. The lowest BCUT2D eigenvalue weighted by molar-refractivity contribution is -0.137. The molecule has 0 radical (unpaired) electrons. The molecule has 0 bridgehead atoms. The van der Waals surface area contributed by atoms with Gasteiger partial charge in [0.25, 0.3) is 0 Å². The number of morpholine rings is 1. The van der Waals surface area contributed by atoms with Gasteiger partial charge in [-0.2, -0.15) is 0 Å². The summed E-state index contributed by atoms with van der Waals surface area (Å²) < 4.78 is 11.7. The summed E-state index contributed by atoms with van der Waals surface area (Å²) in [5.74, 6) is 0.843. The fourth-order valence-electron chi connectivity index (χ4n) is 2.93. The molecule has 1 fully saturated rings. The van der Waals surface area contributed by atoms with Crippen LogP contribution in [0.3, 0.4) is 0 Å². The molecular weight excluding hydrogens is 318 g/mol. The number of rotatable bonds is 6. The van der Waals surface area contributed by atoms with E-state index in [-0.39, 0.29) is 12.5 Å². The van der Waals surface area contributed by atoms with Gasteiger partial charge >= 0.3 is 5.97 Å². The number of hydrogen-bond donors (Lipinski definition) is 1. The summed E-state index contributed by atoms with van der Waals surface area (Å²) in [7, 11) is 0. The molecular formula is C20H23NO4. The zero-order valence-corrected chi connectivity index (χ0v) is 14.4. The predicted octanol–water partition coefficient (Wildman–Crippen LogP) is 3.64. The molecule has 1 saturated heterocycles. The Labute approximate surface area is 147 Å². The normalized spacial score (nSPS) is 18.0. The molecule has 1 aliphatic heterocycles. The van der Waals surface area contributed by atoms with Crippen LogP contribution in [0.1, 0.15) is 23.7 Å². The summed E-state index contributed by atoms with van der Waals surface area (Å²) in [6, 6.07) is 15.8. The van der Waals surface area contributed by atoms with Gasteiger partial charge in [-0.15, -0.1) is 0 Å². The quantitative estimate of drug-likeness (QED) is 0.869. The lowest BCUT2D eigenvalue weighted by atomic mass is 10.1. The van der Waals surface area contributed by atoms with E-state index < -0.39 is 5.97 Å². The molecule has 3 rings (SSSR count). The zero-order chi connectivity index (χ0) is 17.6. The summed E-state index contributed by atoms with van der Waals surface area (Å²) in [5.41, 5.74) is 2.24. The zero-order valence-electron chi connectivity index (χ0n) is 14.4. The van der Waals surface area contributed by atoms with Gasteiger partial charge in [-0.1, -0.05) is 24.3 Å². The molecule has 1 atom stereocenters. The summed E-state index contributed by atoms with van der Waals surface area (Å²) in [4.78, 5) is 12.9. The summed E-state index contributed by atoms with van der Waals surface area (Å²) >= 11 is 0. The SMILES string of the molecule is Cc1cccc(Oc2ccc(C3CN(CCC(=O)O)CCO3)cc2)c1. The van der Waals surface area contributed by atoms with Crippen molar-refractivity contribution < 1.29 is 19.4 Å². The lowest BCUT2D eigenvalue weighted by Crippen LogP contribution is -2.39. The smallest absolute Gasteiger partial charge is 0.304 e. The van der Waals surface area contributed by atoms with Crippen LogP contribution in [0.15, 0.2) is 48.5 Å². The molecule has 25 heavy (non-hydrogen) atoms. The maximum atomic E-state index is 10.7. The van der Waals surface area contributed by atoms with Crippen LogP contribution in [0.4, 0.5) is 0 Å². The van der Waals surface area contributed by atoms with E-state index in [4.69, 9.17) is 14.6 Å². The van der Waals surface area contributed by atoms with Gasteiger partial charge in [-0.05, 0) is 42.3 Å². The van der Waals surface area contributed by atoms with Gasteiger partial charge in [0.1, 0.15) is 11.5 Å². The highest BCUT2D eigenvalue weighted by Crippen LogP contribution is 2.27. The van der Waals surface area contributed by atoms with Crippen LogP contribution in [-0.4, -0.2) is 42.2 Å². The Morgan fingerprint density at radius 2 is 2.04 bits per heavy atom. The first-order valence-electron chi connectivity index (χ1n) is 8.50. The molecule has 0 spiro atoms. The van der Waals surface area contributed by atoms with Crippen LogP contribution >= 0.6 is 0 Å². The van der Waals surface area contributed by atoms with Crippen molar-refractivity contribution in [1.82, 2.24) is 4.90 Å². The number of ether oxygens (including phenoxy) is 2. The van der Waals surface area contributed by atoms with Crippen molar-refractivity contribution >= 4 is 5.97 Å². The van der Waals surface area contributed by atoms with Gasteiger partial charge in [0, 0.05) is 19.6 Å². The summed E-state index contributed by atoms with van der Waals surface area (Å²) in [6.07, 6.45) is 0.131. The van der Waals surface area contributed by atoms with Crippen molar-refractivity contribution in [2.75, 3.05) is 26.2 Å². The number of nitrogens with zero attached hydrogens (tertiary/aromatic N) is 1. The Morgan fingerprint density at radius 1 is 1.24 bits per heavy atom. The maximum absolute atomic E-state index is 10.7. The summed E-state index contributed by atoms with van der Waals surface area (Å²) in [5, 5.41) is 8.82. The Balaban J connectivity index is 1.60. The molecule has 5 heteroatoms. The van der Waals surface area contributed by atoms with Gasteiger partial charge in [-0.25, -0.2) is 0 Å². The number of carbonyl (C=O) groups is 1. The van der Waals surface area contributed by atoms with Crippen molar-refractivity contribution in [2.24, 2.45) is 0 Å². The molecule has 0 saturated carbocycles. The molecule has 0 aromatic heterocycles. The number of carboxylic acids is 1. The van der Waals surface area contributed by atoms with E-state index in [0.717, 1.165) is 29.2 Å². The third-order valence-electron chi connectivity index (χ3n) is 4.27. The Hall–Kier alpha value is -2.37. The molecule has 2 aromatic carbocycles. The minimum absolute atomic E-state index is 0.0319.